The van der Waals surface area contributed by atoms with E-state index in [0.29, 0.717) is 37.0 Å². The molecule has 1 spiro atoms. The van der Waals surface area contributed by atoms with Gasteiger partial charge in [0.15, 0.2) is 0 Å². The van der Waals surface area contributed by atoms with Gasteiger partial charge in [0.1, 0.15) is 23.6 Å². The molecule has 4 amide bonds. The summed E-state index contributed by atoms with van der Waals surface area (Å²) in [6.07, 6.45) is 5.74. The maximum absolute atomic E-state index is 13.0. The fourth-order valence-corrected chi connectivity index (χ4v) is 4.65. The van der Waals surface area contributed by atoms with Gasteiger partial charge in [0.2, 0.25) is 11.8 Å². The number of pyridine rings is 1. The molecule has 0 atom stereocenters. The number of carbonyl (C=O) groups excluding carboxylic acids is 3. The Morgan fingerprint density at radius 2 is 1.86 bits per heavy atom. The Morgan fingerprint density at radius 1 is 1.14 bits per heavy atom. The summed E-state index contributed by atoms with van der Waals surface area (Å²) in [6, 6.07) is 10.2. The number of hydrogen-bond donors (Lipinski definition) is 2. The van der Waals surface area contributed by atoms with Crippen molar-refractivity contribution in [2.24, 2.45) is 5.92 Å². The second-order valence-corrected chi connectivity index (χ2v) is 9.04. The van der Waals surface area contributed by atoms with E-state index in [1.165, 1.54) is 0 Å². The molecule has 2 aliphatic rings. The Morgan fingerprint density at radius 3 is 2.54 bits per heavy atom. The van der Waals surface area contributed by atoms with Gasteiger partial charge < -0.3 is 20.1 Å². The van der Waals surface area contributed by atoms with Gasteiger partial charge in [0, 0.05) is 18.8 Å². The number of carbonyl (C=O) groups is 3. The third-order valence-electron chi connectivity index (χ3n) is 6.73. The van der Waals surface area contributed by atoms with Crippen LogP contribution >= 0.6 is 0 Å². The van der Waals surface area contributed by atoms with Crippen molar-refractivity contribution in [2.45, 2.75) is 58.0 Å². The molecule has 1 aromatic carbocycles. The summed E-state index contributed by atoms with van der Waals surface area (Å²) < 4.78 is 11.2. The molecule has 35 heavy (non-hydrogen) atoms. The van der Waals surface area contributed by atoms with Crippen LogP contribution in [0.25, 0.3) is 0 Å². The lowest BCUT2D eigenvalue weighted by Gasteiger charge is -2.34. The summed E-state index contributed by atoms with van der Waals surface area (Å²) >= 11 is 0. The van der Waals surface area contributed by atoms with Gasteiger partial charge in [-0.05, 0) is 74.4 Å². The van der Waals surface area contributed by atoms with E-state index in [2.05, 4.69) is 22.5 Å². The van der Waals surface area contributed by atoms with Crippen LogP contribution in [-0.4, -0.2) is 46.4 Å². The van der Waals surface area contributed by atoms with Crippen LogP contribution in [0.2, 0.25) is 0 Å². The normalized spacial score (nSPS) is 21.7. The van der Waals surface area contributed by atoms with Gasteiger partial charge in [-0.25, -0.2) is 9.78 Å². The van der Waals surface area contributed by atoms with Gasteiger partial charge >= 0.3 is 6.03 Å². The predicted octanol–water partition coefficient (Wildman–Crippen LogP) is 3.78. The first-order valence-electron chi connectivity index (χ1n) is 12.2. The Kier molecular flexibility index (Phi) is 7.53. The molecule has 2 fully saturated rings. The minimum Gasteiger partial charge on any atom is -0.494 e. The average Bonchev–Trinajstić information content (AvgIpc) is 3.09. The number of rotatable bonds is 9. The Bertz CT molecular complexity index is 1060. The fraction of sp³-hybridized carbons (Fsp3) is 0.462. The van der Waals surface area contributed by atoms with Crippen LogP contribution in [0.15, 0.2) is 42.6 Å². The van der Waals surface area contributed by atoms with Crippen molar-refractivity contribution in [3.05, 3.63) is 48.2 Å². The highest BCUT2D eigenvalue weighted by molar-refractivity contribution is 6.09. The van der Waals surface area contributed by atoms with Crippen LogP contribution in [-0.2, 0) is 16.1 Å². The molecule has 0 bridgehead atoms. The summed E-state index contributed by atoms with van der Waals surface area (Å²) in [5, 5.41) is 5.63. The minimum atomic E-state index is -0.846. The van der Waals surface area contributed by atoms with Crippen LogP contribution in [0.1, 0.15) is 51.5 Å². The molecule has 2 aromatic rings. The topological polar surface area (TPSA) is 110 Å². The van der Waals surface area contributed by atoms with Gasteiger partial charge in [-0.1, -0.05) is 13.3 Å². The van der Waals surface area contributed by atoms with E-state index < -0.39 is 17.5 Å². The maximum Gasteiger partial charge on any atom is 0.325 e. The van der Waals surface area contributed by atoms with Gasteiger partial charge in [0.05, 0.1) is 6.61 Å². The van der Waals surface area contributed by atoms with E-state index in [1.807, 2.05) is 19.1 Å². The van der Waals surface area contributed by atoms with Crippen LogP contribution in [0, 0.1) is 5.92 Å². The quantitative estimate of drug-likeness (QED) is 0.529. The van der Waals surface area contributed by atoms with E-state index >= 15 is 0 Å². The van der Waals surface area contributed by atoms with Gasteiger partial charge in [-0.2, -0.15) is 0 Å². The zero-order chi connectivity index (χ0) is 24.8. The summed E-state index contributed by atoms with van der Waals surface area (Å²) in [5.41, 5.74) is -0.0674. The highest BCUT2D eigenvalue weighted by Gasteiger charge is 2.52. The Labute approximate surface area is 205 Å². The maximum atomic E-state index is 13.0. The van der Waals surface area contributed by atoms with E-state index in [0.717, 1.165) is 35.5 Å². The number of nitrogens with one attached hydrogen (secondary N) is 2. The number of hydrogen-bond acceptors (Lipinski definition) is 6. The molecule has 1 aliphatic carbocycles. The lowest BCUT2D eigenvalue weighted by atomic mass is 9.75. The van der Waals surface area contributed by atoms with E-state index in [-0.39, 0.29) is 19.0 Å². The third kappa shape index (κ3) is 5.72. The highest BCUT2D eigenvalue weighted by Crippen LogP contribution is 2.37. The number of amides is 4. The standard InChI is InChI=1S/C26H32N4O5/c1-3-18-9-12-26(13-10-18)24(32)30(25(33)29-26)17-22(31)28-16-19-11-14-27-23(15-19)35-21-7-5-20(6-8-21)34-4-2/h5-8,11,14-15,18H,3-4,9-10,12-13,16-17H2,1-2H3,(H,28,31)(H,29,33). The fourth-order valence-electron chi connectivity index (χ4n) is 4.65. The van der Waals surface area contributed by atoms with Crippen molar-refractivity contribution in [3.63, 3.8) is 0 Å². The van der Waals surface area contributed by atoms with Crippen molar-refractivity contribution in [1.82, 2.24) is 20.5 Å². The number of nitrogens with zero attached hydrogens (tertiary/aromatic N) is 2. The molecule has 1 saturated carbocycles. The number of urea groups is 1. The lowest BCUT2D eigenvalue weighted by molar-refractivity contribution is -0.136. The molecule has 1 aliphatic heterocycles. The summed E-state index contributed by atoms with van der Waals surface area (Å²) in [7, 11) is 0. The van der Waals surface area contributed by atoms with Gasteiger partial charge in [0.25, 0.3) is 5.91 Å². The zero-order valence-electron chi connectivity index (χ0n) is 20.2. The number of imide groups is 1. The number of ether oxygens (including phenoxy) is 2. The SMILES string of the molecule is CCOc1ccc(Oc2cc(CNC(=O)CN3C(=O)NC4(CCC(CC)CC4)C3=O)ccn2)cc1. The first kappa shape index (κ1) is 24.5. The number of benzene rings is 1. The third-order valence-corrected chi connectivity index (χ3v) is 6.73. The predicted molar refractivity (Wildman–Crippen MR) is 129 cm³/mol. The van der Waals surface area contributed by atoms with Crippen molar-refractivity contribution in [1.29, 1.82) is 0 Å². The minimum absolute atomic E-state index is 0.216. The Balaban J connectivity index is 1.29. The second kappa shape index (κ2) is 10.8. The monoisotopic (exact) mass is 480 g/mol. The molecule has 0 radical (unpaired) electrons. The number of aromatic nitrogens is 1. The first-order chi connectivity index (χ1) is 16.9. The molecule has 4 rings (SSSR count). The average molecular weight is 481 g/mol. The molecule has 9 heteroatoms. The molecule has 9 nitrogen and oxygen atoms in total. The molecule has 1 aromatic heterocycles. The Hall–Kier alpha value is -3.62. The van der Waals surface area contributed by atoms with E-state index in [4.69, 9.17) is 9.47 Å². The molecule has 1 saturated heterocycles. The van der Waals surface area contributed by atoms with Crippen LogP contribution in [0.4, 0.5) is 4.79 Å². The summed E-state index contributed by atoms with van der Waals surface area (Å²) in [4.78, 5) is 43.3. The van der Waals surface area contributed by atoms with Crippen molar-refractivity contribution < 1.29 is 23.9 Å². The summed E-state index contributed by atoms with van der Waals surface area (Å²) in [5.74, 6) is 1.66. The van der Waals surface area contributed by atoms with Crippen LogP contribution in [0.3, 0.4) is 0 Å². The van der Waals surface area contributed by atoms with Crippen molar-refractivity contribution >= 4 is 17.8 Å². The summed E-state index contributed by atoms with van der Waals surface area (Å²) in [6.45, 7) is 4.57. The van der Waals surface area contributed by atoms with Crippen molar-refractivity contribution in [3.8, 4) is 17.4 Å². The first-order valence-corrected chi connectivity index (χ1v) is 12.2. The van der Waals surface area contributed by atoms with Crippen LogP contribution < -0.4 is 20.1 Å². The lowest BCUT2D eigenvalue weighted by Crippen LogP contribution is -2.50. The van der Waals surface area contributed by atoms with Crippen LogP contribution in [0.5, 0.6) is 17.4 Å². The molecule has 186 valence electrons. The smallest absolute Gasteiger partial charge is 0.325 e. The highest BCUT2D eigenvalue weighted by atomic mass is 16.5. The van der Waals surface area contributed by atoms with E-state index in [1.54, 1.807) is 30.5 Å². The van der Waals surface area contributed by atoms with Crippen molar-refractivity contribution in [2.75, 3.05) is 13.2 Å². The molecular weight excluding hydrogens is 448 g/mol. The molecule has 2 heterocycles. The van der Waals surface area contributed by atoms with Gasteiger partial charge in [-0.3, -0.25) is 14.5 Å². The molecule has 2 N–H and O–H groups in total. The largest absolute Gasteiger partial charge is 0.494 e. The second-order valence-electron chi connectivity index (χ2n) is 9.04. The zero-order valence-corrected chi connectivity index (χ0v) is 20.2. The van der Waals surface area contributed by atoms with E-state index in [9.17, 15) is 14.4 Å². The molecular formula is C26H32N4O5. The molecule has 0 unspecified atom stereocenters. The van der Waals surface area contributed by atoms with Gasteiger partial charge in [-0.15, -0.1) is 0 Å².